The van der Waals surface area contributed by atoms with E-state index < -0.39 is 6.17 Å². The minimum absolute atomic E-state index is 0.0464. The Balaban J connectivity index is 1.99. The molecule has 2 nitrogen and oxygen atoms in total. The van der Waals surface area contributed by atoms with Crippen LogP contribution in [0.4, 0.5) is 4.39 Å². The summed E-state index contributed by atoms with van der Waals surface area (Å²) in [6.07, 6.45) is 1.33. The number of halogens is 2. The van der Waals surface area contributed by atoms with Gasteiger partial charge in [0.25, 0.3) is 0 Å². The first-order valence-corrected chi connectivity index (χ1v) is 6.74. The minimum atomic E-state index is -0.567. The van der Waals surface area contributed by atoms with E-state index >= 15 is 0 Å². The summed E-state index contributed by atoms with van der Waals surface area (Å²) in [5.74, 6) is 0. The average Bonchev–Trinajstić information content (AvgIpc) is 2.37. The van der Waals surface area contributed by atoms with E-state index in [4.69, 9.17) is 3.95 Å². The van der Waals surface area contributed by atoms with Gasteiger partial charge in [-0.25, -0.2) is 0 Å². The Bertz CT molecular complexity index is 113. The van der Waals surface area contributed by atoms with Crippen LogP contribution in [0.5, 0.6) is 0 Å². The first-order chi connectivity index (χ1) is 5.33. The first-order valence-electron chi connectivity index (χ1n) is 3.97. The second-order valence-corrected chi connectivity index (χ2v) is 4.84. The van der Waals surface area contributed by atoms with E-state index in [0.29, 0.717) is 6.54 Å². The van der Waals surface area contributed by atoms with E-state index in [9.17, 15) is 4.39 Å². The van der Waals surface area contributed by atoms with Gasteiger partial charge < -0.3 is 0 Å². The molecule has 0 aliphatic carbocycles. The summed E-state index contributed by atoms with van der Waals surface area (Å²) >= 11 is -0.0464. The van der Waals surface area contributed by atoms with E-state index in [1.54, 1.807) is 0 Å². The van der Waals surface area contributed by atoms with Gasteiger partial charge in [-0.3, -0.25) is 0 Å². The zero-order chi connectivity index (χ0) is 8.10. The number of hydrogen-bond acceptors (Lipinski definition) is 2. The van der Waals surface area contributed by atoms with E-state index in [1.807, 2.05) is 0 Å². The van der Waals surface area contributed by atoms with Crippen LogP contribution in [0.2, 0.25) is 0 Å². The summed E-state index contributed by atoms with van der Waals surface area (Å²) in [7, 11) is 0. The Morgan fingerprint density at radius 3 is 3.00 bits per heavy atom. The van der Waals surface area contributed by atoms with Gasteiger partial charge in [0.05, 0.1) is 0 Å². The Kier molecular flexibility index (Phi) is 4.63. The number of likely N-dealkylation sites (tertiary alicyclic amines) is 1. The summed E-state index contributed by atoms with van der Waals surface area (Å²) in [5, 5.41) is 0. The topological polar surface area (TPSA) is 29.3 Å². The summed E-state index contributed by atoms with van der Waals surface area (Å²) in [6, 6.07) is 0. The molecule has 11 heavy (non-hydrogen) atoms. The van der Waals surface area contributed by atoms with Crippen LogP contribution in [0.3, 0.4) is 0 Å². The molecule has 1 heterocycles. The van der Waals surface area contributed by atoms with Crippen molar-refractivity contribution in [3.8, 4) is 0 Å². The Morgan fingerprint density at radius 1 is 1.64 bits per heavy atom. The second kappa shape index (κ2) is 5.27. The van der Waals surface area contributed by atoms with Gasteiger partial charge in [0.1, 0.15) is 0 Å². The van der Waals surface area contributed by atoms with Crippen molar-refractivity contribution in [3.05, 3.63) is 0 Å². The molecule has 0 amide bonds. The molecule has 1 atom stereocenters. The van der Waals surface area contributed by atoms with Crippen LogP contribution in [0.25, 0.3) is 0 Å². The van der Waals surface area contributed by atoms with Crippen LogP contribution < -0.4 is 25.4 Å². The molecule has 1 aliphatic heterocycles. The molecular weight excluding hydrogens is 258 g/mol. The van der Waals surface area contributed by atoms with Crippen LogP contribution in [-0.4, -0.2) is 35.1 Å². The maximum absolute atomic E-state index is 12.6. The van der Waals surface area contributed by atoms with Crippen LogP contribution in [0.1, 0.15) is 12.8 Å². The Morgan fingerprint density at radius 2 is 2.45 bits per heavy atom. The summed E-state index contributed by atoms with van der Waals surface area (Å²) in [4.78, 5) is 2.20. The maximum atomic E-state index is 12.6. The van der Waals surface area contributed by atoms with Crippen molar-refractivity contribution in [2.45, 2.75) is 19.0 Å². The van der Waals surface area contributed by atoms with Gasteiger partial charge in [0.2, 0.25) is 0 Å². The van der Waals surface area contributed by atoms with Crippen molar-refractivity contribution in [2.75, 3.05) is 24.1 Å². The zero-order valence-electron chi connectivity index (χ0n) is 6.60. The fraction of sp³-hybridized carbons (Fsp3) is 1.00. The van der Waals surface area contributed by atoms with E-state index in [1.165, 1.54) is 4.43 Å². The standard InChI is InChI=1S/C7H15FIN2/c8-7-2-5-11(6-7)4-1-3-9-10/h7H,1-6,10H2/q-1. The molecule has 0 aromatic heterocycles. The van der Waals surface area contributed by atoms with Crippen molar-refractivity contribution < 1.29 is 25.9 Å². The number of rotatable bonds is 4. The molecule has 0 radical (unpaired) electrons. The Hall–Kier alpha value is 0.580. The molecule has 0 aromatic rings. The number of nitrogens with two attached hydrogens (primary N) is 1. The number of alkyl halides is 2. The van der Waals surface area contributed by atoms with Gasteiger partial charge in [-0.2, -0.15) is 0 Å². The van der Waals surface area contributed by atoms with Gasteiger partial charge in [0, 0.05) is 0 Å². The van der Waals surface area contributed by atoms with Crippen molar-refractivity contribution >= 4 is 0 Å². The number of hydrogen-bond donors (Lipinski definition) is 1. The Labute approximate surface area is 77.9 Å². The van der Waals surface area contributed by atoms with Crippen LogP contribution in [0.15, 0.2) is 0 Å². The summed E-state index contributed by atoms with van der Waals surface area (Å²) in [5.41, 5.74) is 0. The van der Waals surface area contributed by atoms with Crippen molar-refractivity contribution in [1.82, 2.24) is 4.90 Å². The second-order valence-electron chi connectivity index (χ2n) is 2.88. The molecule has 4 heteroatoms. The van der Waals surface area contributed by atoms with Gasteiger partial charge >= 0.3 is 77.8 Å². The molecule has 1 aliphatic rings. The van der Waals surface area contributed by atoms with E-state index in [2.05, 4.69) is 4.90 Å². The normalized spacial score (nSPS) is 26.5. The third-order valence-corrected chi connectivity index (χ3v) is 3.32. The van der Waals surface area contributed by atoms with E-state index in [0.717, 1.165) is 25.9 Å². The molecule has 2 N–H and O–H groups in total. The third-order valence-electron chi connectivity index (χ3n) is 1.93. The van der Waals surface area contributed by atoms with Crippen molar-refractivity contribution in [3.63, 3.8) is 0 Å². The van der Waals surface area contributed by atoms with Crippen molar-refractivity contribution in [1.29, 1.82) is 0 Å². The molecule has 1 rings (SSSR count). The average molecular weight is 273 g/mol. The third kappa shape index (κ3) is 3.66. The molecule has 1 fully saturated rings. The van der Waals surface area contributed by atoms with Crippen molar-refractivity contribution in [2.24, 2.45) is 3.95 Å². The molecule has 0 saturated carbocycles. The predicted octanol–water partition coefficient (Wildman–Crippen LogP) is -2.62. The SMILES string of the molecule is N[I-]CCCN1CCC(F)C1. The van der Waals surface area contributed by atoms with Crippen LogP contribution in [-0.2, 0) is 0 Å². The molecule has 0 spiro atoms. The summed E-state index contributed by atoms with van der Waals surface area (Å²) < 4.78 is 19.3. The van der Waals surface area contributed by atoms with Crippen LogP contribution in [0, 0.1) is 0 Å². The molecule has 1 unspecified atom stereocenters. The van der Waals surface area contributed by atoms with E-state index in [-0.39, 0.29) is 21.5 Å². The molecular formula is C7H15FIN2-. The molecule has 1 saturated heterocycles. The molecule has 0 bridgehead atoms. The predicted molar refractivity (Wildman–Crippen MR) is 39.6 cm³/mol. The fourth-order valence-electron chi connectivity index (χ4n) is 1.35. The number of nitrogens with zero attached hydrogens (tertiary/aromatic N) is 1. The molecule has 68 valence electrons. The van der Waals surface area contributed by atoms with Crippen LogP contribution >= 0.6 is 0 Å². The quantitative estimate of drug-likeness (QED) is 0.263. The van der Waals surface area contributed by atoms with Gasteiger partial charge in [-0.05, 0) is 0 Å². The monoisotopic (exact) mass is 273 g/mol. The summed E-state index contributed by atoms with van der Waals surface area (Å²) in [6.45, 7) is 2.66. The molecule has 0 aromatic carbocycles. The first kappa shape index (κ1) is 9.67. The fourth-order valence-corrected chi connectivity index (χ4v) is 2.13. The van der Waals surface area contributed by atoms with Gasteiger partial charge in [-0.15, -0.1) is 0 Å². The zero-order valence-corrected chi connectivity index (χ0v) is 8.76. The van der Waals surface area contributed by atoms with Gasteiger partial charge in [-0.1, -0.05) is 0 Å². The van der Waals surface area contributed by atoms with Gasteiger partial charge in [0.15, 0.2) is 0 Å².